The maximum atomic E-state index is 12.0. The van der Waals surface area contributed by atoms with Crippen LogP contribution in [0, 0.1) is 0 Å². The van der Waals surface area contributed by atoms with E-state index in [1.165, 1.54) is 0 Å². The van der Waals surface area contributed by atoms with Crippen molar-refractivity contribution >= 4 is 17.5 Å². The van der Waals surface area contributed by atoms with Crippen molar-refractivity contribution in [3.63, 3.8) is 0 Å². The van der Waals surface area contributed by atoms with Gasteiger partial charge in [0.2, 0.25) is 11.8 Å². The highest BCUT2D eigenvalue weighted by atomic mass is 16.5. The second kappa shape index (κ2) is 7.79. The Morgan fingerprint density at radius 2 is 1.77 bits per heavy atom. The summed E-state index contributed by atoms with van der Waals surface area (Å²) in [5.41, 5.74) is 0.760. The number of anilines is 1. The van der Waals surface area contributed by atoms with Crippen molar-refractivity contribution in [2.45, 2.75) is 13.8 Å². The molecule has 1 fully saturated rings. The third-order valence-corrected chi connectivity index (χ3v) is 3.63. The quantitative estimate of drug-likeness (QED) is 0.887. The first-order chi connectivity index (χ1) is 10.6. The maximum absolute atomic E-state index is 12.0. The normalized spacial score (nSPS) is 15.5. The highest BCUT2D eigenvalue weighted by molar-refractivity contribution is 5.92. The molecular weight excluding hydrogens is 282 g/mol. The summed E-state index contributed by atoms with van der Waals surface area (Å²) in [5.74, 6) is 0.847. The molecule has 0 bridgehead atoms. The molecule has 0 atom stereocenters. The van der Waals surface area contributed by atoms with E-state index in [-0.39, 0.29) is 11.8 Å². The molecule has 0 radical (unpaired) electrons. The van der Waals surface area contributed by atoms with Crippen LogP contribution < -0.4 is 10.1 Å². The molecule has 1 aliphatic rings. The molecule has 6 nitrogen and oxygen atoms in total. The summed E-state index contributed by atoms with van der Waals surface area (Å²) in [6, 6.07) is 7.34. The van der Waals surface area contributed by atoms with Gasteiger partial charge in [0, 0.05) is 38.8 Å². The number of benzene rings is 1. The molecule has 0 aliphatic carbocycles. The van der Waals surface area contributed by atoms with E-state index in [1.807, 2.05) is 31.2 Å². The molecule has 1 aromatic carbocycles. The van der Waals surface area contributed by atoms with E-state index in [0.29, 0.717) is 26.2 Å². The van der Waals surface area contributed by atoms with Gasteiger partial charge in [-0.25, -0.2) is 0 Å². The van der Waals surface area contributed by atoms with Gasteiger partial charge < -0.3 is 15.0 Å². The number of ether oxygens (including phenoxy) is 1. The van der Waals surface area contributed by atoms with Crippen molar-refractivity contribution in [2.75, 3.05) is 44.6 Å². The van der Waals surface area contributed by atoms with E-state index in [0.717, 1.165) is 24.5 Å². The van der Waals surface area contributed by atoms with Crippen LogP contribution in [0.2, 0.25) is 0 Å². The van der Waals surface area contributed by atoms with Gasteiger partial charge in [-0.05, 0) is 31.2 Å². The molecule has 6 heteroatoms. The van der Waals surface area contributed by atoms with Crippen LogP contribution in [0.3, 0.4) is 0 Å². The molecular formula is C16H23N3O3. The highest BCUT2D eigenvalue weighted by Crippen LogP contribution is 2.15. The SMILES string of the molecule is CCOc1ccc(NC(=O)CN2CCN(C(C)=O)CC2)cc1. The second-order valence-corrected chi connectivity index (χ2v) is 5.29. The van der Waals surface area contributed by atoms with Gasteiger partial charge in [0.15, 0.2) is 0 Å². The number of hydrogen-bond acceptors (Lipinski definition) is 4. The Labute approximate surface area is 131 Å². The molecule has 1 N–H and O–H groups in total. The summed E-state index contributed by atoms with van der Waals surface area (Å²) in [6.07, 6.45) is 0. The molecule has 2 amide bonds. The number of hydrogen-bond donors (Lipinski definition) is 1. The zero-order valence-corrected chi connectivity index (χ0v) is 13.2. The van der Waals surface area contributed by atoms with Crippen molar-refractivity contribution in [2.24, 2.45) is 0 Å². The first-order valence-corrected chi connectivity index (χ1v) is 7.59. The van der Waals surface area contributed by atoms with Crippen LogP contribution in [0.25, 0.3) is 0 Å². The summed E-state index contributed by atoms with van der Waals surface area (Å²) in [6.45, 7) is 7.32. The van der Waals surface area contributed by atoms with Gasteiger partial charge in [-0.1, -0.05) is 0 Å². The number of carbonyl (C=O) groups excluding carboxylic acids is 2. The number of carbonyl (C=O) groups is 2. The van der Waals surface area contributed by atoms with Gasteiger partial charge >= 0.3 is 0 Å². The lowest BCUT2D eigenvalue weighted by Gasteiger charge is -2.33. The maximum Gasteiger partial charge on any atom is 0.238 e. The van der Waals surface area contributed by atoms with Gasteiger partial charge in [-0.15, -0.1) is 0 Å². The van der Waals surface area contributed by atoms with Crippen LogP contribution in [-0.2, 0) is 9.59 Å². The molecule has 1 heterocycles. The van der Waals surface area contributed by atoms with Crippen LogP contribution in [-0.4, -0.2) is 60.9 Å². The van der Waals surface area contributed by atoms with Gasteiger partial charge in [0.05, 0.1) is 13.2 Å². The van der Waals surface area contributed by atoms with Gasteiger partial charge in [-0.2, -0.15) is 0 Å². The first-order valence-electron chi connectivity index (χ1n) is 7.59. The molecule has 0 spiro atoms. The van der Waals surface area contributed by atoms with Crippen molar-refractivity contribution in [1.82, 2.24) is 9.80 Å². The number of piperazine rings is 1. The Kier molecular flexibility index (Phi) is 5.77. The van der Waals surface area contributed by atoms with Gasteiger partial charge in [0.25, 0.3) is 0 Å². The average Bonchev–Trinajstić information content (AvgIpc) is 2.50. The Bertz CT molecular complexity index is 508. The van der Waals surface area contributed by atoms with Crippen LogP contribution in [0.15, 0.2) is 24.3 Å². The smallest absolute Gasteiger partial charge is 0.238 e. The van der Waals surface area contributed by atoms with Crippen molar-refractivity contribution < 1.29 is 14.3 Å². The fourth-order valence-electron chi connectivity index (χ4n) is 2.43. The van der Waals surface area contributed by atoms with E-state index < -0.39 is 0 Å². The molecule has 1 saturated heterocycles. The molecule has 0 unspecified atom stereocenters. The fourth-order valence-corrected chi connectivity index (χ4v) is 2.43. The van der Waals surface area contributed by atoms with E-state index in [4.69, 9.17) is 4.74 Å². The van der Waals surface area contributed by atoms with Crippen LogP contribution in [0.4, 0.5) is 5.69 Å². The van der Waals surface area contributed by atoms with Crippen LogP contribution in [0.1, 0.15) is 13.8 Å². The topological polar surface area (TPSA) is 61.9 Å². The summed E-state index contributed by atoms with van der Waals surface area (Å²) >= 11 is 0. The lowest BCUT2D eigenvalue weighted by Crippen LogP contribution is -2.49. The third kappa shape index (κ3) is 4.73. The Balaban J connectivity index is 1.77. The largest absolute Gasteiger partial charge is 0.494 e. The lowest BCUT2D eigenvalue weighted by atomic mass is 10.3. The Morgan fingerprint density at radius 3 is 2.32 bits per heavy atom. The predicted molar refractivity (Wildman–Crippen MR) is 84.9 cm³/mol. The lowest BCUT2D eigenvalue weighted by molar-refractivity contribution is -0.130. The van der Waals surface area contributed by atoms with Crippen molar-refractivity contribution in [1.29, 1.82) is 0 Å². The average molecular weight is 305 g/mol. The number of amides is 2. The molecule has 120 valence electrons. The van der Waals surface area contributed by atoms with E-state index in [9.17, 15) is 9.59 Å². The van der Waals surface area contributed by atoms with Gasteiger partial charge in [0.1, 0.15) is 5.75 Å². The standard InChI is InChI=1S/C16H23N3O3/c1-3-22-15-6-4-14(5-7-15)17-16(21)12-18-8-10-19(11-9-18)13(2)20/h4-7H,3,8-12H2,1-2H3,(H,17,21). The summed E-state index contributed by atoms with van der Waals surface area (Å²) in [4.78, 5) is 27.2. The number of nitrogens with zero attached hydrogens (tertiary/aromatic N) is 2. The van der Waals surface area contributed by atoms with Gasteiger partial charge in [-0.3, -0.25) is 14.5 Å². The first kappa shape index (κ1) is 16.3. The molecule has 0 saturated carbocycles. The van der Waals surface area contributed by atoms with E-state index in [1.54, 1.807) is 11.8 Å². The van der Waals surface area contributed by atoms with Crippen LogP contribution in [0.5, 0.6) is 5.75 Å². The van der Waals surface area contributed by atoms with Crippen molar-refractivity contribution in [3.8, 4) is 5.75 Å². The minimum Gasteiger partial charge on any atom is -0.494 e. The second-order valence-electron chi connectivity index (χ2n) is 5.29. The minimum atomic E-state index is -0.0413. The monoisotopic (exact) mass is 305 g/mol. The zero-order chi connectivity index (χ0) is 15.9. The molecule has 2 rings (SSSR count). The molecule has 1 aliphatic heterocycles. The van der Waals surface area contributed by atoms with E-state index in [2.05, 4.69) is 10.2 Å². The Hall–Kier alpha value is -2.08. The highest BCUT2D eigenvalue weighted by Gasteiger charge is 2.20. The molecule has 22 heavy (non-hydrogen) atoms. The van der Waals surface area contributed by atoms with Crippen molar-refractivity contribution in [3.05, 3.63) is 24.3 Å². The summed E-state index contributed by atoms with van der Waals surface area (Å²) in [5, 5.41) is 2.88. The number of nitrogens with one attached hydrogen (secondary N) is 1. The summed E-state index contributed by atoms with van der Waals surface area (Å²) in [7, 11) is 0. The molecule has 0 aromatic heterocycles. The minimum absolute atomic E-state index is 0.0413. The Morgan fingerprint density at radius 1 is 1.14 bits per heavy atom. The third-order valence-electron chi connectivity index (χ3n) is 3.63. The fraction of sp³-hybridized carbons (Fsp3) is 0.500. The van der Waals surface area contributed by atoms with E-state index >= 15 is 0 Å². The number of rotatable bonds is 5. The van der Waals surface area contributed by atoms with Crippen LogP contribution >= 0.6 is 0 Å². The summed E-state index contributed by atoms with van der Waals surface area (Å²) < 4.78 is 5.36. The zero-order valence-electron chi connectivity index (χ0n) is 13.2. The predicted octanol–water partition coefficient (Wildman–Crippen LogP) is 1.19. The molecule has 1 aromatic rings.